The maximum Gasteiger partial charge on any atom is 0.0740 e. The summed E-state index contributed by atoms with van der Waals surface area (Å²) in [6.07, 6.45) is 2.06. The van der Waals surface area contributed by atoms with Gasteiger partial charge in [-0.05, 0) is 31.9 Å². The van der Waals surface area contributed by atoms with E-state index in [0.29, 0.717) is 12.8 Å². The van der Waals surface area contributed by atoms with Crippen molar-refractivity contribution in [2.45, 2.75) is 52.2 Å². The molecule has 0 fully saturated rings. The Bertz CT molecular complexity index is 547. The van der Waals surface area contributed by atoms with Crippen molar-refractivity contribution in [3.05, 3.63) is 53.3 Å². The molecule has 1 heterocycles. The van der Waals surface area contributed by atoms with Crippen molar-refractivity contribution in [2.24, 2.45) is 0 Å². The van der Waals surface area contributed by atoms with E-state index in [-0.39, 0.29) is 0 Å². The Hall–Kier alpha value is -1.61. The summed E-state index contributed by atoms with van der Waals surface area (Å²) < 4.78 is 1.99. The molecule has 0 amide bonds. The second-order valence-electron chi connectivity index (χ2n) is 5.51. The summed E-state index contributed by atoms with van der Waals surface area (Å²) in [4.78, 5) is 0. The normalized spacial score (nSPS) is 14.2. The lowest BCUT2D eigenvalue weighted by Gasteiger charge is -2.27. The highest BCUT2D eigenvalue weighted by Gasteiger charge is 2.27. The van der Waals surface area contributed by atoms with Gasteiger partial charge in [-0.1, -0.05) is 37.3 Å². The molecule has 20 heavy (non-hydrogen) atoms. The average Bonchev–Trinajstić information content (AvgIpc) is 2.79. The SMILES string of the molecule is CCn1nc(C)cc1CC(O)(CC)Cc1ccccc1. The van der Waals surface area contributed by atoms with Gasteiger partial charge in [-0.15, -0.1) is 0 Å². The Morgan fingerprint density at radius 2 is 1.85 bits per heavy atom. The van der Waals surface area contributed by atoms with Crippen LogP contribution in [0.1, 0.15) is 37.2 Å². The van der Waals surface area contributed by atoms with Crippen LogP contribution in [0.4, 0.5) is 0 Å². The molecule has 0 aliphatic carbocycles. The first-order valence-electron chi connectivity index (χ1n) is 7.36. The van der Waals surface area contributed by atoms with Crippen molar-refractivity contribution in [1.82, 2.24) is 9.78 Å². The predicted octanol–water partition coefficient (Wildman–Crippen LogP) is 3.14. The molecule has 0 bridgehead atoms. The Morgan fingerprint density at radius 3 is 2.45 bits per heavy atom. The minimum atomic E-state index is -0.708. The molecule has 3 nitrogen and oxygen atoms in total. The third-order valence-electron chi connectivity index (χ3n) is 3.83. The van der Waals surface area contributed by atoms with Gasteiger partial charge in [0.15, 0.2) is 0 Å². The van der Waals surface area contributed by atoms with Gasteiger partial charge in [0, 0.05) is 25.1 Å². The van der Waals surface area contributed by atoms with E-state index < -0.39 is 5.60 Å². The quantitative estimate of drug-likeness (QED) is 0.877. The van der Waals surface area contributed by atoms with Crippen LogP contribution in [0.2, 0.25) is 0 Å². The van der Waals surface area contributed by atoms with E-state index in [4.69, 9.17) is 0 Å². The molecular formula is C17H24N2O. The number of aryl methyl sites for hydroxylation is 2. The smallest absolute Gasteiger partial charge is 0.0740 e. The highest BCUT2D eigenvalue weighted by molar-refractivity contribution is 5.19. The van der Waals surface area contributed by atoms with Crippen molar-refractivity contribution in [2.75, 3.05) is 0 Å². The number of aliphatic hydroxyl groups is 1. The van der Waals surface area contributed by atoms with Crippen molar-refractivity contribution < 1.29 is 5.11 Å². The number of benzene rings is 1. The number of hydrogen-bond donors (Lipinski definition) is 1. The molecule has 0 saturated heterocycles. The summed E-state index contributed by atoms with van der Waals surface area (Å²) in [5, 5.41) is 15.4. The van der Waals surface area contributed by atoms with Crippen LogP contribution in [0.25, 0.3) is 0 Å². The van der Waals surface area contributed by atoms with E-state index >= 15 is 0 Å². The molecule has 0 aliphatic heterocycles. The van der Waals surface area contributed by atoms with E-state index in [9.17, 15) is 5.11 Å². The van der Waals surface area contributed by atoms with E-state index in [0.717, 1.165) is 24.4 Å². The van der Waals surface area contributed by atoms with E-state index in [2.05, 4.69) is 30.2 Å². The zero-order chi connectivity index (χ0) is 14.6. The van der Waals surface area contributed by atoms with Crippen LogP contribution in [0, 0.1) is 6.92 Å². The fraction of sp³-hybridized carbons (Fsp3) is 0.471. The fourth-order valence-corrected chi connectivity index (χ4v) is 2.64. The molecule has 1 unspecified atom stereocenters. The van der Waals surface area contributed by atoms with Gasteiger partial charge in [-0.3, -0.25) is 4.68 Å². The summed E-state index contributed by atoms with van der Waals surface area (Å²) >= 11 is 0. The topological polar surface area (TPSA) is 38.0 Å². The lowest BCUT2D eigenvalue weighted by Crippen LogP contribution is -2.34. The van der Waals surface area contributed by atoms with Crippen molar-refractivity contribution in [3.8, 4) is 0 Å². The molecule has 3 heteroatoms. The van der Waals surface area contributed by atoms with Crippen LogP contribution in [-0.4, -0.2) is 20.5 Å². The molecule has 0 saturated carbocycles. The molecule has 108 valence electrons. The molecule has 0 radical (unpaired) electrons. The first-order valence-corrected chi connectivity index (χ1v) is 7.36. The Kier molecular flexibility index (Phi) is 4.61. The second-order valence-corrected chi connectivity index (χ2v) is 5.51. The fourth-order valence-electron chi connectivity index (χ4n) is 2.64. The molecular weight excluding hydrogens is 248 g/mol. The Balaban J connectivity index is 2.18. The van der Waals surface area contributed by atoms with E-state index in [1.165, 1.54) is 5.56 Å². The average molecular weight is 272 g/mol. The van der Waals surface area contributed by atoms with Crippen molar-refractivity contribution >= 4 is 0 Å². The molecule has 2 rings (SSSR count). The number of nitrogens with zero attached hydrogens (tertiary/aromatic N) is 2. The summed E-state index contributed by atoms with van der Waals surface area (Å²) in [7, 11) is 0. The van der Waals surface area contributed by atoms with Gasteiger partial charge in [0.2, 0.25) is 0 Å². The number of rotatable bonds is 6. The van der Waals surface area contributed by atoms with Crippen molar-refractivity contribution in [3.63, 3.8) is 0 Å². The minimum absolute atomic E-state index is 0.646. The predicted molar refractivity (Wildman–Crippen MR) is 81.7 cm³/mol. The van der Waals surface area contributed by atoms with Gasteiger partial charge in [0.25, 0.3) is 0 Å². The zero-order valence-corrected chi connectivity index (χ0v) is 12.6. The molecule has 0 aliphatic rings. The highest BCUT2D eigenvalue weighted by Crippen LogP contribution is 2.23. The second kappa shape index (κ2) is 6.23. The maximum absolute atomic E-state index is 10.9. The van der Waals surface area contributed by atoms with Crippen molar-refractivity contribution in [1.29, 1.82) is 0 Å². The summed E-state index contributed by atoms with van der Waals surface area (Å²) in [6.45, 7) is 6.97. The van der Waals surface area contributed by atoms with Gasteiger partial charge in [-0.2, -0.15) is 5.10 Å². The van der Waals surface area contributed by atoms with Gasteiger partial charge in [0.05, 0.1) is 11.3 Å². The third kappa shape index (κ3) is 3.48. The van der Waals surface area contributed by atoms with Crippen LogP contribution >= 0.6 is 0 Å². The number of aromatic nitrogens is 2. The van der Waals surface area contributed by atoms with Crippen LogP contribution in [-0.2, 0) is 19.4 Å². The largest absolute Gasteiger partial charge is 0.389 e. The lowest BCUT2D eigenvalue weighted by molar-refractivity contribution is 0.0349. The molecule has 2 aromatic rings. The Morgan fingerprint density at radius 1 is 1.15 bits per heavy atom. The molecule has 1 N–H and O–H groups in total. The standard InChI is InChI=1S/C17H24N2O/c1-4-17(20,12-15-9-7-6-8-10-15)13-16-11-14(3)18-19(16)5-2/h6-11,20H,4-5,12-13H2,1-3H3. The van der Waals surface area contributed by atoms with Gasteiger partial charge in [0.1, 0.15) is 0 Å². The monoisotopic (exact) mass is 272 g/mol. The summed E-state index contributed by atoms with van der Waals surface area (Å²) in [6, 6.07) is 12.3. The first-order chi connectivity index (χ1) is 9.56. The van der Waals surface area contributed by atoms with Gasteiger partial charge >= 0.3 is 0 Å². The Labute approximate surface area is 121 Å². The van der Waals surface area contributed by atoms with Crippen LogP contribution in [0.5, 0.6) is 0 Å². The van der Waals surface area contributed by atoms with Crippen LogP contribution in [0.3, 0.4) is 0 Å². The van der Waals surface area contributed by atoms with Gasteiger partial charge < -0.3 is 5.11 Å². The molecule has 0 spiro atoms. The zero-order valence-electron chi connectivity index (χ0n) is 12.6. The summed E-state index contributed by atoms with van der Waals surface area (Å²) in [5.41, 5.74) is 2.60. The third-order valence-corrected chi connectivity index (χ3v) is 3.83. The first kappa shape index (κ1) is 14.8. The maximum atomic E-state index is 10.9. The molecule has 1 aromatic heterocycles. The summed E-state index contributed by atoms with van der Waals surface area (Å²) in [5.74, 6) is 0. The van der Waals surface area contributed by atoms with Gasteiger partial charge in [-0.25, -0.2) is 0 Å². The number of hydrogen-bond acceptors (Lipinski definition) is 2. The molecule has 1 atom stereocenters. The highest BCUT2D eigenvalue weighted by atomic mass is 16.3. The van der Waals surface area contributed by atoms with E-state index in [1.807, 2.05) is 36.7 Å². The van der Waals surface area contributed by atoms with E-state index in [1.54, 1.807) is 0 Å². The van der Waals surface area contributed by atoms with Crippen LogP contribution in [0.15, 0.2) is 36.4 Å². The lowest BCUT2D eigenvalue weighted by atomic mass is 9.87. The molecule has 1 aromatic carbocycles. The van der Waals surface area contributed by atoms with Crippen LogP contribution < -0.4 is 0 Å². The minimum Gasteiger partial charge on any atom is -0.389 e.